The molecule has 0 unspecified atom stereocenters. The number of aromatic hydroxyl groups is 3. The molecule has 0 radical (unpaired) electrons. The number of hydrogen-bond donors (Lipinski definition) is 3. The van der Waals surface area contributed by atoms with Gasteiger partial charge in [-0.3, -0.25) is 0 Å². The van der Waals surface area contributed by atoms with Crippen molar-refractivity contribution in [1.29, 1.82) is 0 Å². The first kappa shape index (κ1) is 31.6. The summed E-state index contributed by atoms with van der Waals surface area (Å²) < 4.78 is 0. The molecule has 0 spiro atoms. The molecule has 0 bridgehead atoms. The van der Waals surface area contributed by atoms with E-state index in [0.717, 1.165) is 0 Å². The zero-order valence-electron chi connectivity index (χ0n) is 24.1. The predicted octanol–water partition coefficient (Wildman–Crippen LogP) is 5.38. The summed E-state index contributed by atoms with van der Waals surface area (Å²) in [5.41, 5.74) is 1.86. The third kappa shape index (κ3) is 9.32. The highest BCUT2D eigenvalue weighted by Gasteiger charge is 2.07. The lowest BCUT2D eigenvalue weighted by molar-refractivity contribution is 0.476. The van der Waals surface area contributed by atoms with Crippen LogP contribution in [0.25, 0.3) is 34.2 Å². The minimum Gasteiger partial charge on any atom is -0.507 e. The average molecular weight is 578 g/mol. The molecule has 3 heterocycles. The molecular formula is C31H31N9O3. The van der Waals surface area contributed by atoms with Crippen molar-refractivity contribution in [3.05, 3.63) is 110 Å². The molecule has 0 aliphatic heterocycles. The van der Waals surface area contributed by atoms with E-state index in [0.29, 0.717) is 45.8 Å². The van der Waals surface area contributed by atoms with Crippen molar-refractivity contribution >= 4 is 0 Å². The van der Waals surface area contributed by atoms with E-state index in [1.54, 1.807) is 68.4 Å². The highest BCUT2D eigenvalue weighted by molar-refractivity contribution is 5.64. The van der Waals surface area contributed by atoms with Crippen molar-refractivity contribution in [3.8, 4) is 51.4 Å². The van der Waals surface area contributed by atoms with Crippen LogP contribution in [0.3, 0.4) is 0 Å². The van der Waals surface area contributed by atoms with E-state index >= 15 is 0 Å². The van der Waals surface area contributed by atoms with Gasteiger partial charge < -0.3 is 15.3 Å². The lowest BCUT2D eigenvalue weighted by atomic mass is 10.2. The van der Waals surface area contributed by atoms with E-state index < -0.39 is 0 Å². The Hall–Kier alpha value is -5.91. The summed E-state index contributed by atoms with van der Waals surface area (Å²) in [6, 6.07) is 20.8. The Morgan fingerprint density at radius 3 is 1.09 bits per heavy atom. The van der Waals surface area contributed by atoms with Crippen molar-refractivity contribution in [2.45, 2.75) is 27.7 Å². The number of phenolic OH excluding ortho intramolecular Hbond substituents is 3. The second kappa shape index (κ2) is 16.4. The van der Waals surface area contributed by atoms with Crippen LogP contribution >= 0.6 is 0 Å². The molecular weight excluding hydrogens is 546 g/mol. The van der Waals surface area contributed by atoms with Gasteiger partial charge in [0.25, 0.3) is 0 Å². The van der Waals surface area contributed by atoms with Crippen LogP contribution in [0.1, 0.15) is 25.5 Å². The van der Waals surface area contributed by atoms with Gasteiger partial charge in [0.1, 0.15) is 54.2 Å². The maximum Gasteiger partial charge on any atom is 0.166 e. The predicted molar refractivity (Wildman–Crippen MR) is 162 cm³/mol. The molecule has 0 saturated heterocycles. The second-order valence-corrected chi connectivity index (χ2v) is 8.23. The summed E-state index contributed by atoms with van der Waals surface area (Å²) in [5, 5.41) is 28.6. The zero-order chi connectivity index (χ0) is 31.0. The van der Waals surface area contributed by atoms with Gasteiger partial charge in [0.05, 0.1) is 16.7 Å². The second-order valence-electron chi connectivity index (χ2n) is 8.23. The molecule has 218 valence electrons. The van der Waals surface area contributed by atoms with Gasteiger partial charge in [0.2, 0.25) is 0 Å². The number of phenols is 3. The van der Waals surface area contributed by atoms with Crippen molar-refractivity contribution in [1.82, 2.24) is 44.9 Å². The van der Waals surface area contributed by atoms with Crippen LogP contribution in [0, 0.1) is 13.8 Å². The van der Waals surface area contributed by atoms with Gasteiger partial charge >= 0.3 is 0 Å². The van der Waals surface area contributed by atoms with Gasteiger partial charge in [-0.25, -0.2) is 44.9 Å². The number of aromatic nitrogens is 9. The molecule has 3 aromatic carbocycles. The first-order chi connectivity index (χ1) is 20.9. The molecule has 3 aromatic heterocycles. The fraction of sp³-hybridized carbons (Fsp3) is 0.129. The van der Waals surface area contributed by atoms with Crippen LogP contribution in [0.5, 0.6) is 17.2 Å². The summed E-state index contributed by atoms with van der Waals surface area (Å²) in [7, 11) is 0. The van der Waals surface area contributed by atoms with Crippen molar-refractivity contribution < 1.29 is 15.3 Å². The first-order valence-corrected chi connectivity index (χ1v) is 13.2. The lowest BCUT2D eigenvalue weighted by Gasteiger charge is -2.01. The van der Waals surface area contributed by atoms with Crippen LogP contribution in [0.15, 0.2) is 98.1 Å². The fourth-order valence-electron chi connectivity index (χ4n) is 3.38. The molecule has 0 amide bonds. The minimum absolute atomic E-state index is 0.175. The van der Waals surface area contributed by atoms with Crippen molar-refractivity contribution in [2.75, 3.05) is 0 Å². The van der Waals surface area contributed by atoms with Crippen molar-refractivity contribution in [3.63, 3.8) is 0 Å². The molecule has 0 aliphatic rings. The third-order valence-corrected chi connectivity index (χ3v) is 5.31. The molecule has 6 rings (SSSR count). The highest BCUT2D eigenvalue weighted by Crippen LogP contribution is 2.26. The average Bonchev–Trinajstić information content (AvgIpc) is 3.04. The lowest BCUT2D eigenvalue weighted by Crippen LogP contribution is -1.93. The molecule has 0 saturated carbocycles. The van der Waals surface area contributed by atoms with Gasteiger partial charge in [0, 0.05) is 0 Å². The summed E-state index contributed by atoms with van der Waals surface area (Å²) in [6.07, 6.45) is 5.66. The van der Waals surface area contributed by atoms with E-state index in [2.05, 4.69) is 44.9 Å². The molecule has 0 aliphatic carbocycles. The summed E-state index contributed by atoms with van der Waals surface area (Å²) >= 11 is 0. The Morgan fingerprint density at radius 2 is 0.744 bits per heavy atom. The molecule has 3 N–H and O–H groups in total. The fourth-order valence-corrected chi connectivity index (χ4v) is 3.38. The summed E-state index contributed by atoms with van der Waals surface area (Å²) in [5.74, 6) is 3.28. The van der Waals surface area contributed by atoms with Crippen LogP contribution < -0.4 is 0 Å². The van der Waals surface area contributed by atoms with Crippen LogP contribution in [0.4, 0.5) is 0 Å². The van der Waals surface area contributed by atoms with E-state index in [1.165, 1.54) is 25.3 Å². The van der Waals surface area contributed by atoms with Crippen LogP contribution in [-0.4, -0.2) is 60.2 Å². The number of rotatable bonds is 3. The van der Waals surface area contributed by atoms with E-state index in [4.69, 9.17) is 0 Å². The number of para-hydroxylation sites is 3. The van der Waals surface area contributed by atoms with Gasteiger partial charge in [-0.1, -0.05) is 50.2 Å². The largest absolute Gasteiger partial charge is 0.507 e. The molecule has 0 fully saturated rings. The molecule has 12 nitrogen and oxygen atoms in total. The Labute approximate surface area is 249 Å². The Kier molecular flexibility index (Phi) is 12.0. The SMILES string of the molecule is CC.Cc1ncnc(-c2ccccc2O)n1.Cc1ncnc(-c2ccccc2O)n1.Oc1ccccc1-c1ncncn1. The maximum absolute atomic E-state index is 9.55. The number of aryl methyl sites for hydroxylation is 2. The summed E-state index contributed by atoms with van der Waals surface area (Å²) in [6.45, 7) is 7.57. The third-order valence-electron chi connectivity index (χ3n) is 5.31. The standard InChI is InChI=1S/2C10H9N3O.C9H7N3O.C2H6/c2*1-7-11-6-12-10(13-7)8-4-2-3-5-9(8)14;13-8-4-2-1-3-7(8)9-11-5-10-6-12-9;1-2/h2*2-6,14H,1H3;1-6,13H;1-2H3. The number of nitrogens with zero attached hydrogens (tertiary/aromatic N) is 9. The van der Waals surface area contributed by atoms with Crippen LogP contribution in [0.2, 0.25) is 0 Å². The van der Waals surface area contributed by atoms with Crippen molar-refractivity contribution in [2.24, 2.45) is 0 Å². The van der Waals surface area contributed by atoms with E-state index in [9.17, 15) is 15.3 Å². The molecule has 12 heteroatoms. The molecule has 43 heavy (non-hydrogen) atoms. The molecule has 0 atom stereocenters. The first-order valence-electron chi connectivity index (χ1n) is 13.2. The van der Waals surface area contributed by atoms with E-state index in [-0.39, 0.29) is 17.2 Å². The smallest absolute Gasteiger partial charge is 0.166 e. The Bertz CT molecular complexity index is 1630. The summed E-state index contributed by atoms with van der Waals surface area (Å²) in [4.78, 5) is 35.6. The topological polar surface area (TPSA) is 177 Å². The Balaban J connectivity index is 0.000000172. The monoisotopic (exact) mass is 577 g/mol. The van der Waals surface area contributed by atoms with Gasteiger partial charge in [0.15, 0.2) is 17.5 Å². The van der Waals surface area contributed by atoms with Gasteiger partial charge in [-0.05, 0) is 50.2 Å². The Morgan fingerprint density at radius 1 is 0.419 bits per heavy atom. The van der Waals surface area contributed by atoms with Gasteiger partial charge in [-0.15, -0.1) is 0 Å². The van der Waals surface area contributed by atoms with E-state index in [1.807, 2.05) is 32.0 Å². The highest BCUT2D eigenvalue weighted by atomic mass is 16.3. The number of benzene rings is 3. The number of hydrogen-bond acceptors (Lipinski definition) is 12. The maximum atomic E-state index is 9.55. The minimum atomic E-state index is 0.175. The quantitative estimate of drug-likeness (QED) is 0.245. The molecule has 6 aromatic rings. The zero-order valence-corrected chi connectivity index (χ0v) is 24.1. The normalized spacial score (nSPS) is 9.67. The van der Waals surface area contributed by atoms with Gasteiger partial charge in [-0.2, -0.15) is 0 Å². The van der Waals surface area contributed by atoms with Crippen LogP contribution in [-0.2, 0) is 0 Å².